The predicted octanol–water partition coefficient (Wildman–Crippen LogP) is 2.30. The molecule has 0 amide bonds. The Morgan fingerprint density at radius 2 is 1.95 bits per heavy atom. The van der Waals surface area contributed by atoms with Crippen LogP contribution in [-0.2, 0) is 15.6 Å². The highest BCUT2D eigenvalue weighted by molar-refractivity contribution is 8.13. The molecule has 0 aromatic carbocycles. The van der Waals surface area contributed by atoms with Crippen molar-refractivity contribution in [2.24, 2.45) is 5.73 Å². The van der Waals surface area contributed by atoms with Gasteiger partial charge in [0, 0.05) is 17.2 Å². The van der Waals surface area contributed by atoms with Crippen molar-refractivity contribution in [3.05, 3.63) is 17.5 Å². The molecule has 114 valence electrons. The lowest BCUT2D eigenvalue weighted by molar-refractivity contribution is -0.276. The second-order valence-corrected chi connectivity index (χ2v) is 5.84. The molecule has 2 N–H and O–H groups in total. The fraction of sp³-hybridized carbons (Fsp3) is 0.375. The molecule has 0 aliphatic rings. The van der Waals surface area contributed by atoms with Gasteiger partial charge in [0.05, 0.1) is 17.5 Å². The fourth-order valence-corrected chi connectivity index (χ4v) is 2.19. The van der Waals surface area contributed by atoms with Gasteiger partial charge >= 0.3 is 6.36 Å². The van der Waals surface area contributed by atoms with E-state index in [0.717, 1.165) is 0 Å². The second kappa shape index (κ2) is 5.66. The van der Waals surface area contributed by atoms with Crippen molar-refractivity contribution in [3.63, 3.8) is 0 Å². The van der Waals surface area contributed by atoms with Crippen LogP contribution in [0.3, 0.4) is 0 Å². The normalized spacial score (nSPS) is 12.8. The van der Waals surface area contributed by atoms with Gasteiger partial charge in [-0.1, -0.05) is 0 Å². The molecular formula is C8H6ClF5N2O3S. The number of rotatable bonds is 4. The molecule has 0 bridgehead atoms. The first-order valence-electron chi connectivity index (χ1n) is 4.67. The smallest absolute Gasteiger partial charge is 0.404 e. The van der Waals surface area contributed by atoms with Gasteiger partial charge in [0.2, 0.25) is 0 Å². The first-order valence-corrected chi connectivity index (χ1v) is 6.98. The number of nitrogens with zero attached hydrogens (tertiary/aromatic N) is 1. The van der Waals surface area contributed by atoms with Gasteiger partial charge in [-0.2, -0.15) is 0 Å². The summed E-state index contributed by atoms with van der Waals surface area (Å²) in [5.74, 6) is -1.63. The van der Waals surface area contributed by atoms with Gasteiger partial charge < -0.3 is 10.5 Å². The molecule has 12 heteroatoms. The molecule has 0 saturated heterocycles. The third-order valence-corrected chi connectivity index (χ3v) is 3.32. The first-order chi connectivity index (χ1) is 8.97. The van der Waals surface area contributed by atoms with E-state index < -0.39 is 50.3 Å². The molecule has 0 saturated carbocycles. The molecule has 20 heavy (non-hydrogen) atoms. The highest BCUT2D eigenvalue weighted by Crippen LogP contribution is 2.40. The zero-order chi connectivity index (χ0) is 15.7. The summed E-state index contributed by atoms with van der Waals surface area (Å²) in [5, 5.41) is 0. The van der Waals surface area contributed by atoms with Crippen molar-refractivity contribution in [2.75, 3.05) is 0 Å². The van der Waals surface area contributed by atoms with Crippen LogP contribution < -0.4 is 10.5 Å². The standard InChI is InChI=1S/C8H6ClF5N2O3S/c9-20(17,18)4-2-16-3(1-15)5(7(10)11)6(4)19-8(12,13)14/h2,7H,1,15H2. The number of ether oxygens (including phenoxy) is 1. The number of nitrogens with two attached hydrogens (primary N) is 1. The molecular weight excluding hydrogens is 335 g/mol. The summed E-state index contributed by atoms with van der Waals surface area (Å²) >= 11 is 0. The van der Waals surface area contributed by atoms with Crippen LogP contribution in [0.5, 0.6) is 5.75 Å². The highest BCUT2D eigenvalue weighted by atomic mass is 35.7. The summed E-state index contributed by atoms with van der Waals surface area (Å²) in [4.78, 5) is 1.94. The molecule has 0 atom stereocenters. The number of aromatic nitrogens is 1. The van der Waals surface area contributed by atoms with E-state index in [4.69, 9.17) is 16.4 Å². The minimum atomic E-state index is -5.40. The SMILES string of the molecule is NCc1ncc(S(=O)(=O)Cl)c(OC(F)(F)F)c1C(F)F. The Kier molecular flexibility index (Phi) is 4.77. The van der Waals surface area contributed by atoms with E-state index in [0.29, 0.717) is 6.20 Å². The third kappa shape index (κ3) is 3.90. The van der Waals surface area contributed by atoms with Crippen molar-refractivity contribution in [2.45, 2.75) is 24.2 Å². The maximum atomic E-state index is 12.8. The fourth-order valence-electron chi connectivity index (χ4n) is 1.31. The third-order valence-electron chi connectivity index (χ3n) is 2.01. The molecule has 1 rings (SSSR count). The summed E-state index contributed by atoms with van der Waals surface area (Å²) in [6, 6.07) is 0. The Balaban J connectivity index is 3.68. The lowest BCUT2D eigenvalue weighted by Gasteiger charge is -2.17. The molecule has 1 aromatic heterocycles. The van der Waals surface area contributed by atoms with Crippen molar-refractivity contribution >= 4 is 19.7 Å². The quantitative estimate of drug-likeness (QED) is 0.672. The van der Waals surface area contributed by atoms with Crippen molar-refractivity contribution in [1.82, 2.24) is 4.98 Å². The number of alkyl halides is 5. The molecule has 1 aromatic rings. The average molecular weight is 341 g/mol. The first kappa shape index (κ1) is 16.9. The Hall–Kier alpha value is -1.20. The zero-order valence-corrected chi connectivity index (χ0v) is 10.9. The Morgan fingerprint density at radius 1 is 1.40 bits per heavy atom. The monoisotopic (exact) mass is 340 g/mol. The topological polar surface area (TPSA) is 82.3 Å². The van der Waals surface area contributed by atoms with E-state index >= 15 is 0 Å². The predicted molar refractivity (Wildman–Crippen MR) is 56.8 cm³/mol. The van der Waals surface area contributed by atoms with Crippen LogP contribution in [-0.4, -0.2) is 19.8 Å². The molecule has 0 unspecified atom stereocenters. The van der Waals surface area contributed by atoms with Crippen LogP contribution in [0.4, 0.5) is 22.0 Å². The van der Waals surface area contributed by atoms with Gasteiger partial charge in [0.15, 0.2) is 5.75 Å². The lowest BCUT2D eigenvalue weighted by Crippen LogP contribution is -2.21. The van der Waals surface area contributed by atoms with Crippen LogP contribution in [0.25, 0.3) is 0 Å². The van der Waals surface area contributed by atoms with Gasteiger partial charge in [0.25, 0.3) is 15.5 Å². The summed E-state index contributed by atoms with van der Waals surface area (Å²) in [6.07, 6.45) is -8.51. The maximum absolute atomic E-state index is 12.8. The van der Waals surface area contributed by atoms with E-state index in [1.165, 1.54) is 0 Å². The lowest BCUT2D eigenvalue weighted by atomic mass is 10.2. The van der Waals surface area contributed by atoms with Crippen molar-refractivity contribution < 1.29 is 35.1 Å². The molecule has 0 fully saturated rings. The molecule has 5 nitrogen and oxygen atoms in total. The number of hydrogen-bond donors (Lipinski definition) is 1. The molecule has 1 heterocycles. The van der Waals surface area contributed by atoms with Crippen LogP contribution >= 0.6 is 10.7 Å². The Labute approximate surface area is 113 Å². The summed E-state index contributed by atoms with van der Waals surface area (Å²) in [6.45, 7) is -0.642. The van der Waals surface area contributed by atoms with Gasteiger partial charge in [-0.25, -0.2) is 17.2 Å². The minimum Gasteiger partial charge on any atom is -0.404 e. The van der Waals surface area contributed by atoms with Gasteiger partial charge in [-0.15, -0.1) is 13.2 Å². The minimum absolute atomic E-state index is 0.372. The Morgan fingerprint density at radius 3 is 2.30 bits per heavy atom. The summed E-state index contributed by atoms with van der Waals surface area (Å²) < 4.78 is 88.0. The molecule has 0 aliphatic heterocycles. The largest absolute Gasteiger partial charge is 0.573 e. The Bertz CT molecular complexity index is 605. The summed E-state index contributed by atoms with van der Waals surface area (Å²) in [7, 11) is 0.0972. The summed E-state index contributed by atoms with van der Waals surface area (Å²) in [5.41, 5.74) is 3.06. The van der Waals surface area contributed by atoms with E-state index in [9.17, 15) is 30.4 Å². The van der Waals surface area contributed by atoms with E-state index in [1.54, 1.807) is 0 Å². The van der Waals surface area contributed by atoms with Gasteiger partial charge in [-0.3, -0.25) is 4.98 Å². The number of pyridine rings is 1. The maximum Gasteiger partial charge on any atom is 0.573 e. The number of hydrogen-bond acceptors (Lipinski definition) is 5. The van der Waals surface area contributed by atoms with Crippen LogP contribution in [0.2, 0.25) is 0 Å². The van der Waals surface area contributed by atoms with E-state index in [-0.39, 0.29) is 0 Å². The number of halogens is 6. The van der Waals surface area contributed by atoms with Crippen LogP contribution in [0.1, 0.15) is 17.7 Å². The van der Waals surface area contributed by atoms with Gasteiger partial charge in [0.1, 0.15) is 4.90 Å². The molecule has 0 aliphatic carbocycles. The average Bonchev–Trinajstić information content (AvgIpc) is 2.23. The molecule has 0 radical (unpaired) electrons. The highest BCUT2D eigenvalue weighted by Gasteiger charge is 2.38. The molecule has 0 spiro atoms. The van der Waals surface area contributed by atoms with Crippen LogP contribution in [0.15, 0.2) is 11.1 Å². The van der Waals surface area contributed by atoms with Crippen LogP contribution in [0, 0.1) is 0 Å². The van der Waals surface area contributed by atoms with Gasteiger partial charge in [-0.05, 0) is 0 Å². The van der Waals surface area contributed by atoms with E-state index in [1.807, 2.05) is 0 Å². The van der Waals surface area contributed by atoms with E-state index in [2.05, 4.69) is 9.72 Å². The zero-order valence-electron chi connectivity index (χ0n) is 9.29. The van der Waals surface area contributed by atoms with Crippen molar-refractivity contribution in [1.29, 1.82) is 0 Å². The second-order valence-electron chi connectivity index (χ2n) is 3.30. The van der Waals surface area contributed by atoms with Crippen molar-refractivity contribution in [3.8, 4) is 5.75 Å².